The van der Waals surface area contributed by atoms with E-state index in [2.05, 4.69) is 37.4 Å². The molecule has 0 spiro atoms. The first-order valence-corrected chi connectivity index (χ1v) is 7.13. The second-order valence-corrected chi connectivity index (χ2v) is 4.86. The third-order valence-electron chi connectivity index (χ3n) is 3.32. The topological polar surface area (TPSA) is 61.7 Å². The fourth-order valence-corrected chi connectivity index (χ4v) is 2.09. The van der Waals surface area contributed by atoms with Crippen LogP contribution >= 0.6 is 0 Å². The van der Waals surface area contributed by atoms with Gasteiger partial charge in [-0.05, 0) is 48.2 Å². The SMILES string of the molecule is CCc1cc(CC)cc(NCOc2cc(O)ccc2O)c1. The van der Waals surface area contributed by atoms with Crippen molar-refractivity contribution >= 4 is 5.69 Å². The van der Waals surface area contributed by atoms with E-state index in [0.29, 0.717) is 0 Å². The number of ether oxygens (including phenoxy) is 1. The Bertz CT molecular complexity index is 589. The van der Waals surface area contributed by atoms with Gasteiger partial charge in [-0.25, -0.2) is 0 Å². The molecule has 2 aromatic carbocycles. The standard InChI is InChI=1S/C17H21NO3/c1-3-12-7-13(4-2)9-14(8-12)18-11-21-17-10-15(19)5-6-16(17)20/h5-10,18-20H,3-4,11H2,1-2H3. The van der Waals surface area contributed by atoms with Gasteiger partial charge in [-0.3, -0.25) is 0 Å². The number of aryl methyl sites for hydroxylation is 2. The Labute approximate surface area is 125 Å². The van der Waals surface area contributed by atoms with E-state index in [0.717, 1.165) is 18.5 Å². The Morgan fingerprint density at radius 1 is 0.952 bits per heavy atom. The molecule has 2 rings (SSSR count). The minimum Gasteiger partial charge on any atom is -0.508 e. The van der Waals surface area contributed by atoms with Crippen LogP contribution in [0.15, 0.2) is 36.4 Å². The molecular weight excluding hydrogens is 266 g/mol. The number of benzene rings is 2. The summed E-state index contributed by atoms with van der Waals surface area (Å²) in [7, 11) is 0. The molecule has 0 atom stereocenters. The van der Waals surface area contributed by atoms with Crippen molar-refractivity contribution in [2.75, 3.05) is 12.0 Å². The molecule has 0 fully saturated rings. The van der Waals surface area contributed by atoms with Crippen LogP contribution < -0.4 is 10.1 Å². The van der Waals surface area contributed by atoms with E-state index in [-0.39, 0.29) is 24.0 Å². The van der Waals surface area contributed by atoms with Gasteiger partial charge < -0.3 is 20.3 Å². The number of hydrogen-bond donors (Lipinski definition) is 3. The first-order valence-electron chi connectivity index (χ1n) is 7.13. The highest BCUT2D eigenvalue weighted by molar-refractivity contribution is 5.49. The summed E-state index contributed by atoms with van der Waals surface area (Å²) in [5.74, 6) is 0.320. The van der Waals surface area contributed by atoms with Gasteiger partial charge >= 0.3 is 0 Å². The Morgan fingerprint density at radius 2 is 1.62 bits per heavy atom. The number of rotatable bonds is 6. The zero-order valence-electron chi connectivity index (χ0n) is 12.4. The molecule has 4 heteroatoms. The molecule has 0 amide bonds. The number of anilines is 1. The van der Waals surface area contributed by atoms with E-state index in [1.54, 1.807) is 0 Å². The first kappa shape index (κ1) is 15.0. The predicted octanol–water partition coefficient (Wildman–Crippen LogP) is 3.67. The lowest BCUT2D eigenvalue weighted by Gasteiger charge is -2.12. The van der Waals surface area contributed by atoms with Gasteiger partial charge in [0.2, 0.25) is 0 Å². The van der Waals surface area contributed by atoms with Crippen molar-refractivity contribution in [1.29, 1.82) is 0 Å². The van der Waals surface area contributed by atoms with Gasteiger partial charge in [-0.2, -0.15) is 0 Å². The molecule has 21 heavy (non-hydrogen) atoms. The van der Waals surface area contributed by atoms with Crippen LogP contribution in [0.5, 0.6) is 17.2 Å². The number of phenolic OH excluding ortho intramolecular Hbond substituents is 2. The molecule has 112 valence electrons. The van der Waals surface area contributed by atoms with Crippen molar-refractivity contribution in [1.82, 2.24) is 0 Å². The van der Waals surface area contributed by atoms with Crippen LogP contribution in [0.25, 0.3) is 0 Å². The normalized spacial score (nSPS) is 10.4. The third-order valence-corrected chi connectivity index (χ3v) is 3.32. The van der Waals surface area contributed by atoms with Crippen molar-refractivity contribution in [2.24, 2.45) is 0 Å². The molecule has 0 unspecified atom stereocenters. The van der Waals surface area contributed by atoms with Crippen molar-refractivity contribution in [3.05, 3.63) is 47.5 Å². The monoisotopic (exact) mass is 287 g/mol. The highest BCUT2D eigenvalue weighted by Crippen LogP contribution is 2.29. The molecule has 2 aromatic rings. The highest BCUT2D eigenvalue weighted by Gasteiger charge is 2.04. The van der Waals surface area contributed by atoms with Crippen molar-refractivity contribution in [3.63, 3.8) is 0 Å². The van der Waals surface area contributed by atoms with Crippen LogP contribution in [0, 0.1) is 0 Å². The largest absolute Gasteiger partial charge is 0.508 e. The van der Waals surface area contributed by atoms with Crippen LogP contribution in [-0.2, 0) is 12.8 Å². The first-order chi connectivity index (χ1) is 10.1. The van der Waals surface area contributed by atoms with E-state index >= 15 is 0 Å². The second kappa shape index (κ2) is 6.88. The number of aromatic hydroxyl groups is 2. The molecule has 0 saturated carbocycles. The Balaban J connectivity index is 2.01. The lowest BCUT2D eigenvalue weighted by atomic mass is 10.1. The van der Waals surface area contributed by atoms with E-state index < -0.39 is 0 Å². The molecule has 4 nitrogen and oxygen atoms in total. The molecular formula is C17H21NO3. The lowest BCUT2D eigenvalue weighted by molar-refractivity contribution is 0.321. The minimum absolute atomic E-state index is 0.00570. The van der Waals surface area contributed by atoms with Gasteiger partial charge in [0.25, 0.3) is 0 Å². The van der Waals surface area contributed by atoms with Crippen molar-refractivity contribution in [3.8, 4) is 17.2 Å². The second-order valence-electron chi connectivity index (χ2n) is 4.86. The van der Waals surface area contributed by atoms with Crippen molar-refractivity contribution < 1.29 is 14.9 Å². The molecule has 0 bridgehead atoms. The fourth-order valence-electron chi connectivity index (χ4n) is 2.09. The quantitative estimate of drug-likeness (QED) is 0.560. The summed E-state index contributed by atoms with van der Waals surface area (Å²) in [4.78, 5) is 0. The predicted molar refractivity (Wildman–Crippen MR) is 84.1 cm³/mol. The summed E-state index contributed by atoms with van der Waals surface area (Å²) in [6, 6.07) is 10.6. The lowest BCUT2D eigenvalue weighted by Crippen LogP contribution is -2.09. The minimum atomic E-state index is 0.00570. The van der Waals surface area contributed by atoms with E-state index in [9.17, 15) is 10.2 Å². The van der Waals surface area contributed by atoms with Gasteiger partial charge in [0.1, 0.15) is 5.75 Å². The number of phenols is 2. The molecule has 0 aliphatic heterocycles. The average molecular weight is 287 g/mol. The van der Waals surface area contributed by atoms with Crippen LogP contribution in [0.2, 0.25) is 0 Å². The van der Waals surface area contributed by atoms with Gasteiger partial charge in [0.05, 0.1) is 0 Å². The van der Waals surface area contributed by atoms with Crippen molar-refractivity contribution in [2.45, 2.75) is 26.7 Å². The van der Waals surface area contributed by atoms with Gasteiger partial charge in [0.15, 0.2) is 18.2 Å². The van der Waals surface area contributed by atoms with Crippen LogP contribution in [0.3, 0.4) is 0 Å². The summed E-state index contributed by atoms with van der Waals surface area (Å²) in [5.41, 5.74) is 3.54. The molecule has 0 aliphatic rings. The third kappa shape index (κ3) is 4.05. The number of nitrogens with one attached hydrogen (secondary N) is 1. The summed E-state index contributed by atoms with van der Waals surface area (Å²) in [6.45, 7) is 4.47. The van der Waals surface area contributed by atoms with Crippen LogP contribution in [0.4, 0.5) is 5.69 Å². The Kier molecular flexibility index (Phi) is 4.93. The van der Waals surface area contributed by atoms with E-state index in [4.69, 9.17) is 4.74 Å². The van der Waals surface area contributed by atoms with Crippen LogP contribution in [-0.4, -0.2) is 16.9 Å². The summed E-state index contributed by atoms with van der Waals surface area (Å²) >= 11 is 0. The summed E-state index contributed by atoms with van der Waals surface area (Å²) < 4.78 is 5.45. The average Bonchev–Trinajstić information content (AvgIpc) is 2.50. The van der Waals surface area contributed by atoms with Crippen LogP contribution in [0.1, 0.15) is 25.0 Å². The molecule has 3 N–H and O–H groups in total. The molecule has 0 saturated heterocycles. The maximum atomic E-state index is 9.63. The molecule has 0 radical (unpaired) electrons. The summed E-state index contributed by atoms with van der Waals surface area (Å²) in [6.07, 6.45) is 1.97. The summed E-state index contributed by atoms with van der Waals surface area (Å²) in [5, 5.41) is 22.2. The smallest absolute Gasteiger partial charge is 0.167 e. The zero-order valence-corrected chi connectivity index (χ0v) is 12.4. The van der Waals surface area contributed by atoms with Gasteiger partial charge in [-0.15, -0.1) is 0 Å². The Hall–Kier alpha value is -2.36. The number of hydrogen-bond acceptors (Lipinski definition) is 4. The molecule has 0 aliphatic carbocycles. The maximum absolute atomic E-state index is 9.63. The van der Waals surface area contributed by atoms with Gasteiger partial charge in [0, 0.05) is 11.8 Å². The fraction of sp³-hybridized carbons (Fsp3) is 0.294. The zero-order chi connectivity index (χ0) is 15.2. The highest BCUT2D eigenvalue weighted by atomic mass is 16.5. The maximum Gasteiger partial charge on any atom is 0.167 e. The molecule has 0 aromatic heterocycles. The van der Waals surface area contributed by atoms with Gasteiger partial charge in [-0.1, -0.05) is 19.9 Å². The molecule has 0 heterocycles. The van der Waals surface area contributed by atoms with E-state index in [1.165, 1.54) is 29.3 Å². The van der Waals surface area contributed by atoms with E-state index in [1.807, 2.05) is 0 Å². The Morgan fingerprint density at radius 3 is 2.24 bits per heavy atom.